The topological polar surface area (TPSA) is 90.4 Å². The molecule has 0 aliphatic carbocycles. The van der Waals surface area contributed by atoms with E-state index in [-0.39, 0.29) is 37.4 Å². The summed E-state index contributed by atoms with van der Waals surface area (Å²) in [5, 5.41) is 10.6. The van der Waals surface area contributed by atoms with Crippen molar-refractivity contribution >= 4 is 40.7 Å². The molecule has 3 aliphatic rings. The Morgan fingerprint density at radius 2 is 1.80 bits per heavy atom. The minimum absolute atomic E-state index is 0.156. The summed E-state index contributed by atoms with van der Waals surface area (Å²) in [5.41, 5.74) is 0.803. The number of fused-ring (bicyclic) bond motifs is 1. The molecule has 3 fully saturated rings. The second-order valence-corrected chi connectivity index (χ2v) is 11.5. The number of ether oxygens (including phenoxy) is 1. The first-order valence-corrected chi connectivity index (χ1v) is 14.3. The van der Waals surface area contributed by atoms with Crippen LogP contribution in [-0.2, 0) is 19.1 Å². The van der Waals surface area contributed by atoms with Crippen LogP contribution in [0.5, 0.6) is 0 Å². The molecule has 9 heteroatoms. The largest absolute Gasteiger partial charge is 0.394 e. The first-order valence-electron chi connectivity index (χ1n) is 14.0. The summed E-state index contributed by atoms with van der Waals surface area (Å²) in [7, 11) is 0. The molecular formula is C32H36ClN3O5. The lowest BCUT2D eigenvalue weighted by Gasteiger charge is -2.39. The zero-order valence-corrected chi connectivity index (χ0v) is 24.2. The number of hydrogen-bond donors (Lipinski definition) is 1. The Hall–Kier alpha value is -3.46. The summed E-state index contributed by atoms with van der Waals surface area (Å²) in [5.74, 6) is -2.62. The van der Waals surface area contributed by atoms with E-state index in [1.54, 1.807) is 30.0 Å². The number of aliphatic hydroxyl groups excluding tert-OH is 1. The van der Waals surface area contributed by atoms with Gasteiger partial charge in [0, 0.05) is 18.8 Å². The molecule has 216 valence electrons. The second-order valence-electron chi connectivity index (χ2n) is 11.0. The van der Waals surface area contributed by atoms with Gasteiger partial charge >= 0.3 is 0 Å². The van der Waals surface area contributed by atoms with Gasteiger partial charge in [0.2, 0.25) is 11.8 Å². The molecule has 2 aromatic carbocycles. The number of aliphatic hydroxyl groups is 1. The van der Waals surface area contributed by atoms with Gasteiger partial charge in [-0.3, -0.25) is 14.4 Å². The zero-order chi connectivity index (χ0) is 29.5. The van der Waals surface area contributed by atoms with Gasteiger partial charge in [-0.15, -0.1) is 13.2 Å². The monoisotopic (exact) mass is 577 g/mol. The van der Waals surface area contributed by atoms with E-state index in [0.29, 0.717) is 29.2 Å². The Morgan fingerprint density at radius 3 is 2.44 bits per heavy atom. The SMILES string of the molecule is C=CCN(C(=O)[C@@H]1[C@@H]2CCC3(O2)C(C(=O)N(CC=C)c2c(C)cccc2Cl)N([C@H](C)CO)C(=O)[C@H]13)c1ccccc1. The minimum atomic E-state index is -1.21. The van der Waals surface area contributed by atoms with E-state index in [2.05, 4.69) is 13.2 Å². The van der Waals surface area contributed by atoms with Gasteiger partial charge in [-0.1, -0.05) is 54.1 Å². The number of aryl methyl sites for hydroxylation is 1. The quantitative estimate of drug-likeness (QED) is 0.429. The highest BCUT2D eigenvalue weighted by Gasteiger charge is 2.75. The number of nitrogens with zero attached hydrogens (tertiary/aromatic N) is 3. The molecule has 0 saturated carbocycles. The third-order valence-corrected chi connectivity index (χ3v) is 8.98. The van der Waals surface area contributed by atoms with Gasteiger partial charge in [-0.2, -0.15) is 0 Å². The fourth-order valence-corrected chi connectivity index (χ4v) is 7.31. The fourth-order valence-electron chi connectivity index (χ4n) is 6.99. The molecular weight excluding hydrogens is 542 g/mol. The third kappa shape index (κ3) is 4.58. The van der Waals surface area contributed by atoms with Gasteiger partial charge in [-0.25, -0.2) is 0 Å². The van der Waals surface area contributed by atoms with Crippen LogP contribution in [0, 0.1) is 18.8 Å². The van der Waals surface area contributed by atoms with Crippen molar-refractivity contribution in [1.29, 1.82) is 0 Å². The van der Waals surface area contributed by atoms with Crippen molar-refractivity contribution in [2.75, 3.05) is 29.5 Å². The summed E-state index contributed by atoms with van der Waals surface area (Å²) >= 11 is 6.60. The van der Waals surface area contributed by atoms with Gasteiger partial charge in [0.1, 0.15) is 11.6 Å². The first-order chi connectivity index (χ1) is 19.7. The zero-order valence-electron chi connectivity index (χ0n) is 23.4. The van der Waals surface area contributed by atoms with Crippen molar-refractivity contribution in [3.8, 4) is 0 Å². The van der Waals surface area contributed by atoms with Crippen LogP contribution in [0.15, 0.2) is 73.8 Å². The molecule has 3 amide bonds. The highest BCUT2D eigenvalue weighted by Crippen LogP contribution is 2.59. The summed E-state index contributed by atoms with van der Waals surface area (Å²) in [6.07, 6.45) is 3.73. The number of carbonyl (C=O) groups is 3. The number of hydrogen-bond acceptors (Lipinski definition) is 5. The molecule has 0 aromatic heterocycles. The second kappa shape index (κ2) is 11.4. The van der Waals surface area contributed by atoms with Crippen molar-refractivity contribution in [3.63, 3.8) is 0 Å². The summed E-state index contributed by atoms with van der Waals surface area (Å²) in [4.78, 5) is 47.8. The Morgan fingerprint density at radius 1 is 1.12 bits per heavy atom. The molecule has 41 heavy (non-hydrogen) atoms. The maximum absolute atomic E-state index is 14.6. The Bertz CT molecular complexity index is 1350. The van der Waals surface area contributed by atoms with Gasteiger partial charge in [0.15, 0.2) is 0 Å². The van der Waals surface area contributed by atoms with Crippen LogP contribution in [0.1, 0.15) is 25.3 Å². The highest BCUT2D eigenvalue weighted by atomic mass is 35.5. The number of carbonyl (C=O) groups excluding carboxylic acids is 3. The molecule has 1 N–H and O–H groups in total. The number of para-hydroxylation sites is 2. The van der Waals surface area contributed by atoms with Crippen LogP contribution in [0.3, 0.4) is 0 Å². The maximum atomic E-state index is 14.6. The van der Waals surface area contributed by atoms with Crippen molar-refractivity contribution in [1.82, 2.24) is 4.90 Å². The maximum Gasteiger partial charge on any atom is 0.253 e. The average molecular weight is 578 g/mol. The standard InChI is InChI=1S/C32H36ClN3O5/c1-5-17-34(22-12-8-7-9-13-22)29(38)25-24-15-16-32(41-24)26(25)30(39)36(21(4)19-37)28(32)31(40)35(18-6-2)27-20(3)11-10-14-23(27)33/h5-14,21,24-26,28,37H,1-2,15-19H2,3-4H3/t21-,24+,25-,26+,28?,32?/m1/s1. The van der Waals surface area contributed by atoms with Crippen LogP contribution in [0.2, 0.25) is 5.02 Å². The van der Waals surface area contributed by atoms with Crippen molar-refractivity contribution in [2.45, 2.75) is 50.5 Å². The third-order valence-electron chi connectivity index (χ3n) is 8.68. The molecule has 8 nitrogen and oxygen atoms in total. The van der Waals surface area contributed by atoms with Crippen LogP contribution in [-0.4, -0.2) is 71.2 Å². The molecule has 6 atom stereocenters. The van der Waals surface area contributed by atoms with Crippen LogP contribution in [0.25, 0.3) is 0 Å². The average Bonchev–Trinajstić information content (AvgIpc) is 3.62. The molecule has 2 aromatic rings. The number of rotatable bonds is 10. The Kier molecular flexibility index (Phi) is 8.10. The molecule has 2 bridgehead atoms. The van der Waals surface area contributed by atoms with Gasteiger partial charge < -0.3 is 24.5 Å². The smallest absolute Gasteiger partial charge is 0.253 e. The van der Waals surface area contributed by atoms with E-state index in [4.69, 9.17) is 16.3 Å². The van der Waals surface area contributed by atoms with E-state index >= 15 is 0 Å². The molecule has 3 aliphatic heterocycles. The van der Waals surface area contributed by atoms with Crippen molar-refractivity contribution in [3.05, 3.63) is 84.4 Å². The van der Waals surface area contributed by atoms with Crippen LogP contribution in [0.4, 0.5) is 11.4 Å². The number of amides is 3. The Balaban J connectivity index is 1.60. The predicted molar refractivity (Wildman–Crippen MR) is 159 cm³/mol. The van der Waals surface area contributed by atoms with E-state index in [1.165, 1.54) is 9.80 Å². The lowest BCUT2D eigenvalue weighted by molar-refractivity contribution is -0.143. The molecule has 2 unspecified atom stereocenters. The van der Waals surface area contributed by atoms with E-state index in [1.807, 2.05) is 49.4 Å². The molecule has 5 rings (SSSR count). The molecule has 0 radical (unpaired) electrons. The highest BCUT2D eigenvalue weighted by molar-refractivity contribution is 6.34. The lowest BCUT2D eigenvalue weighted by Crippen LogP contribution is -2.58. The van der Waals surface area contributed by atoms with Gasteiger partial charge in [0.25, 0.3) is 5.91 Å². The van der Waals surface area contributed by atoms with Gasteiger partial charge in [0.05, 0.1) is 41.3 Å². The van der Waals surface area contributed by atoms with E-state index < -0.39 is 35.6 Å². The normalized spacial score (nSPS) is 26.9. The fraction of sp³-hybridized carbons (Fsp3) is 0.406. The van der Waals surface area contributed by atoms with E-state index in [9.17, 15) is 19.5 Å². The number of likely N-dealkylation sites (tertiary alicyclic amines) is 1. The van der Waals surface area contributed by atoms with E-state index in [0.717, 1.165) is 5.56 Å². The summed E-state index contributed by atoms with van der Waals surface area (Å²) < 4.78 is 6.61. The van der Waals surface area contributed by atoms with Crippen molar-refractivity contribution < 1.29 is 24.2 Å². The predicted octanol–water partition coefficient (Wildman–Crippen LogP) is 4.14. The van der Waals surface area contributed by atoms with Crippen LogP contribution >= 0.6 is 11.6 Å². The number of anilines is 2. The number of halogens is 1. The summed E-state index contributed by atoms with van der Waals surface area (Å²) in [6.45, 7) is 11.3. The molecule has 3 heterocycles. The van der Waals surface area contributed by atoms with Crippen LogP contribution < -0.4 is 9.80 Å². The molecule has 3 saturated heterocycles. The molecule has 1 spiro atoms. The lowest BCUT2D eigenvalue weighted by atomic mass is 9.70. The first kappa shape index (κ1) is 29.0. The summed E-state index contributed by atoms with van der Waals surface area (Å²) in [6, 6.07) is 12.9. The Labute approximate surface area is 245 Å². The van der Waals surface area contributed by atoms with Crippen molar-refractivity contribution in [2.24, 2.45) is 11.8 Å². The number of benzene rings is 2. The minimum Gasteiger partial charge on any atom is -0.394 e. The van der Waals surface area contributed by atoms with Gasteiger partial charge in [-0.05, 0) is 50.5 Å².